The number of aliphatic hydroxyl groups excluding tert-OH is 1. The molecule has 1 aromatic heterocycles. The van der Waals surface area contributed by atoms with Crippen LogP contribution in [0.5, 0.6) is 11.5 Å². The maximum atomic E-state index is 13.1. The number of aromatic nitrogens is 1. The Labute approximate surface area is 174 Å². The van der Waals surface area contributed by atoms with Crippen LogP contribution < -0.4 is 9.47 Å². The van der Waals surface area contributed by atoms with Crippen molar-refractivity contribution in [3.8, 4) is 11.5 Å². The van der Waals surface area contributed by atoms with Gasteiger partial charge in [-0.05, 0) is 42.7 Å². The molecule has 1 saturated carbocycles. The van der Waals surface area contributed by atoms with Crippen LogP contribution in [0.3, 0.4) is 0 Å². The summed E-state index contributed by atoms with van der Waals surface area (Å²) in [6, 6.07) is 7.78. The Morgan fingerprint density at radius 3 is 2.47 bits per heavy atom. The summed E-state index contributed by atoms with van der Waals surface area (Å²) < 4.78 is 10.6. The first kappa shape index (κ1) is 19.9. The van der Waals surface area contributed by atoms with Crippen molar-refractivity contribution in [1.29, 1.82) is 0 Å². The number of pyridine rings is 1. The number of nitrogens with zero attached hydrogens (tertiary/aromatic N) is 2. The van der Waals surface area contributed by atoms with Crippen molar-refractivity contribution in [2.45, 2.75) is 37.8 Å². The van der Waals surface area contributed by atoms with Gasteiger partial charge in [0.05, 0.1) is 25.8 Å². The third kappa shape index (κ3) is 3.30. The number of carbonyl (C=O) groups is 2. The molecule has 1 atom stereocenters. The van der Waals surface area contributed by atoms with Gasteiger partial charge in [0.1, 0.15) is 5.76 Å². The number of carbonyl (C=O) groups excluding carboxylic acids is 2. The Morgan fingerprint density at radius 2 is 1.83 bits per heavy atom. The van der Waals surface area contributed by atoms with Gasteiger partial charge in [-0.1, -0.05) is 18.9 Å². The quantitative estimate of drug-likeness (QED) is 0.463. The van der Waals surface area contributed by atoms with Crippen molar-refractivity contribution < 1.29 is 24.2 Å². The molecule has 4 rings (SSSR count). The molecule has 2 heterocycles. The van der Waals surface area contributed by atoms with Crippen molar-refractivity contribution in [2.75, 3.05) is 14.2 Å². The molecule has 2 aliphatic rings. The van der Waals surface area contributed by atoms with E-state index in [0.717, 1.165) is 25.7 Å². The first-order valence-electron chi connectivity index (χ1n) is 9.99. The number of methoxy groups -OCH3 is 2. The zero-order valence-corrected chi connectivity index (χ0v) is 17.0. The molecular formula is C23H24N2O5. The fourth-order valence-corrected chi connectivity index (χ4v) is 4.41. The monoisotopic (exact) mass is 408 g/mol. The molecule has 1 N–H and O–H groups in total. The molecule has 1 aliphatic carbocycles. The van der Waals surface area contributed by atoms with Crippen LogP contribution in [-0.2, 0) is 9.59 Å². The number of likely N-dealkylation sites (tertiary alicyclic amines) is 1. The Hall–Kier alpha value is -3.35. The Kier molecular flexibility index (Phi) is 5.44. The maximum Gasteiger partial charge on any atom is 0.295 e. The lowest BCUT2D eigenvalue weighted by molar-refractivity contribution is -0.141. The lowest BCUT2D eigenvalue weighted by Crippen LogP contribution is -2.37. The topological polar surface area (TPSA) is 89.0 Å². The number of ketones is 1. The molecule has 1 amide bonds. The smallest absolute Gasteiger partial charge is 0.295 e. The summed E-state index contributed by atoms with van der Waals surface area (Å²) in [6.07, 6.45) is 7.01. The van der Waals surface area contributed by atoms with Crippen LogP contribution in [0.2, 0.25) is 0 Å². The number of benzene rings is 1. The van der Waals surface area contributed by atoms with Crippen LogP contribution in [-0.4, -0.2) is 46.9 Å². The normalized spacial score (nSPS) is 21.3. The predicted molar refractivity (Wildman–Crippen MR) is 110 cm³/mol. The molecule has 0 bridgehead atoms. The molecule has 1 aliphatic heterocycles. The Morgan fingerprint density at radius 1 is 1.10 bits per heavy atom. The minimum absolute atomic E-state index is 0.0256. The van der Waals surface area contributed by atoms with Crippen LogP contribution in [0.15, 0.2) is 48.3 Å². The van der Waals surface area contributed by atoms with Crippen molar-refractivity contribution in [3.63, 3.8) is 0 Å². The summed E-state index contributed by atoms with van der Waals surface area (Å²) in [6.45, 7) is 0. The maximum absolute atomic E-state index is 13.1. The highest BCUT2D eigenvalue weighted by Gasteiger charge is 2.49. The van der Waals surface area contributed by atoms with Gasteiger partial charge in [0, 0.05) is 24.0 Å². The summed E-state index contributed by atoms with van der Waals surface area (Å²) in [4.78, 5) is 31.9. The predicted octanol–water partition coefficient (Wildman–Crippen LogP) is 3.46. The highest BCUT2D eigenvalue weighted by molar-refractivity contribution is 6.46. The van der Waals surface area contributed by atoms with Gasteiger partial charge < -0.3 is 19.5 Å². The fourth-order valence-electron chi connectivity index (χ4n) is 4.41. The third-order valence-corrected chi connectivity index (χ3v) is 5.86. The van der Waals surface area contributed by atoms with E-state index in [9.17, 15) is 14.7 Å². The molecule has 0 radical (unpaired) electrons. The number of hydrogen-bond donors (Lipinski definition) is 1. The minimum atomic E-state index is -0.678. The Balaban J connectivity index is 1.87. The second kappa shape index (κ2) is 8.18. The summed E-state index contributed by atoms with van der Waals surface area (Å²) >= 11 is 0. The molecule has 0 spiro atoms. The van der Waals surface area contributed by atoms with E-state index in [0.29, 0.717) is 22.6 Å². The van der Waals surface area contributed by atoms with E-state index in [1.54, 1.807) is 41.6 Å². The highest BCUT2D eigenvalue weighted by Crippen LogP contribution is 2.43. The molecule has 1 saturated heterocycles. The molecule has 1 unspecified atom stereocenters. The van der Waals surface area contributed by atoms with E-state index in [4.69, 9.17) is 9.47 Å². The van der Waals surface area contributed by atoms with Crippen LogP contribution in [0.1, 0.15) is 42.9 Å². The van der Waals surface area contributed by atoms with Gasteiger partial charge in [-0.25, -0.2) is 0 Å². The van der Waals surface area contributed by atoms with E-state index in [-0.39, 0.29) is 17.4 Å². The Bertz CT molecular complexity index is 996. The van der Waals surface area contributed by atoms with Crippen LogP contribution in [0, 0.1) is 0 Å². The van der Waals surface area contributed by atoms with E-state index in [1.165, 1.54) is 14.2 Å². The number of Topliss-reactive ketones (excluding diaryl/α,β-unsaturated/α-hetero) is 1. The number of ether oxygens (including phenoxy) is 2. The number of aliphatic hydroxyl groups is 1. The number of rotatable bonds is 5. The van der Waals surface area contributed by atoms with Gasteiger partial charge in [-0.2, -0.15) is 0 Å². The SMILES string of the molecule is COc1ccc(/C(O)=C2/C(=O)C(=O)N(C3CCCC3)C2c2cccnc2)cc1OC. The average Bonchev–Trinajstić information content (AvgIpc) is 3.40. The van der Waals surface area contributed by atoms with E-state index < -0.39 is 17.7 Å². The zero-order valence-electron chi connectivity index (χ0n) is 17.0. The van der Waals surface area contributed by atoms with Gasteiger partial charge >= 0.3 is 0 Å². The zero-order chi connectivity index (χ0) is 21.3. The lowest BCUT2D eigenvalue weighted by Gasteiger charge is -2.30. The van der Waals surface area contributed by atoms with Crippen molar-refractivity contribution >= 4 is 17.4 Å². The standard InChI is InChI=1S/C23H24N2O5/c1-29-17-10-9-14(12-18(17)30-2)21(26)19-20(15-6-5-11-24-13-15)25(23(28)22(19)27)16-7-3-4-8-16/h5-6,9-13,16,20,26H,3-4,7-8H2,1-2H3/b21-19-. The van der Waals surface area contributed by atoms with Crippen molar-refractivity contribution in [1.82, 2.24) is 9.88 Å². The van der Waals surface area contributed by atoms with Crippen molar-refractivity contribution in [3.05, 3.63) is 59.4 Å². The number of hydrogen-bond acceptors (Lipinski definition) is 6. The van der Waals surface area contributed by atoms with Crippen LogP contribution in [0.4, 0.5) is 0 Å². The molecule has 30 heavy (non-hydrogen) atoms. The minimum Gasteiger partial charge on any atom is -0.507 e. The molecule has 1 aromatic carbocycles. The first-order valence-corrected chi connectivity index (χ1v) is 9.99. The second-order valence-electron chi connectivity index (χ2n) is 7.50. The summed E-state index contributed by atoms with van der Waals surface area (Å²) in [5, 5.41) is 11.1. The van der Waals surface area contributed by atoms with Gasteiger partial charge in [0.2, 0.25) is 0 Å². The van der Waals surface area contributed by atoms with Gasteiger partial charge in [0.25, 0.3) is 11.7 Å². The van der Waals surface area contributed by atoms with Gasteiger partial charge in [-0.15, -0.1) is 0 Å². The van der Waals surface area contributed by atoms with E-state index >= 15 is 0 Å². The first-order chi connectivity index (χ1) is 14.6. The van der Waals surface area contributed by atoms with E-state index in [2.05, 4.69) is 4.98 Å². The molecule has 7 heteroatoms. The summed E-state index contributed by atoms with van der Waals surface area (Å²) in [5.74, 6) is -0.557. The highest BCUT2D eigenvalue weighted by atomic mass is 16.5. The molecule has 2 fully saturated rings. The van der Waals surface area contributed by atoms with E-state index in [1.807, 2.05) is 6.07 Å². The summed E-state index contributed by atoms with van der Waals surface area (Å²) in [5.41, 5.74) is 1.16. The molecular weight excluding hydrogens is 384 g/mol. The van der Waals surface area contributed by atoms with Crippen molar-refractivity contribution in [2.24, 2.45) is 0 Å². The lowest BCUT2D eigenvalue weighted by atomic mass is 9.95. The van der Waals surface area contributed by atoms with Gasteiger partial charge in [-0.3, -0.25) is 14.6 Å². The molecule has 7 nitrogen and oxygen atoms in total. The van der Waals surface area contributed by atoms with Crippen LogP contribution >= 0.6 is 0 Å². The number of amides is 1. The second-order valence-corrected chi connectivity index (χ2v) is 7.50. The fraction of sp³-hybridized carbons (Fsp3) is 0.348. The largest absolute Gasteiger partial charge is 0.507 e. The third-order valence-electron chi connectivity index (χ3n) is 5.86. The molecule has 2 aromatic rings. The summed E-state index contributed by atoms with van der Waals surface area (Å²) in [7, 11) is 3.02. The average molecular weight is 408 g/mol. The van der Waals surface area contributed by atoms with Crippen LogP contribution in [0.25, 0.3) is 5.76 Å². The molecule has 156 valence electrons. The van der Waals surface area contributed by atoms with Gasteiger partial charge in [0.15, 0.2) is 11.5 Å².